The molecule has 1 fully saturated rings. The Morgan fingerprint density at radius 1 is 1.42 bits per heavy atom. The van der Waals surface area contributed by atoms with Crippen molar-refractivity contribution in [2.24, 2.45) is 0 Å². The number of nitrogens with zero attached hydrogens (tertiary/aromatic N) is 3. The smallest absolute Gasteiger partial charge is 0.148 e. The van der Waals surface area contributed by atoms with E-state index in [4.69, 9.17) is 10.5 Å². The predicted octanol–water partition coefficient (Wildman–Crippen LogP) is 3.86. The Labute approximate surface area is 154 Å². The summed E-state index contributed by atoms with van der Waals surface area (Å²) < 4.78 is 7.90. The number of ether oxygens (including phenoxy) is 1. The predicted molar refractivity (Wildman–Crippen MR) is 107 cm³/mol. The Hall–Kier alpha value is -2.44. The number of nitrogens with two attached hydrogens (primary N) is 1. The summed E-state index contributed by atoms with van der Waals surface area (Å²) in [5.41, 5.74) is 8.79. The van der Waals surface area contributed by atoms with Gasteiger partial charge >= 0.3 is 0 Å². The molecule has 0 bridgehead atoms. The Balaban J connectivity index is 0.00000117. The highest BCUT2D eigenvalue weighted by atomic mass is 16.5. The van der Waals surface area contributed by atoms with Crippen LogP contribution in [0, 0.1) is 0 Å². The summed E-state index contributed by atoms with van der Waals surface area (Å²) in [5, 5.41) is 10.1. The number of nitrogen functional groups attached to an aromatic ring is 1. The zero-order valence-corrected chi connectivity index (χ0v) is 15.7. The maximum absolute atomic E-state index is 9.31. The Bertz CT molecular complexity index is 807. The first-order chi connectivity index (χ1) is 12.7. The highest BCUT2D eigenvalue weighted by Crippen LogP contribution is 2.36. The Morgan fingerprint density at radius 3 is 2.81 bits per heavy atom. The average Bonchev–Trinajstić information content (AvgIpc) is 3.28. The van der Waals surface area contributed by atoms with Gasteiger partial charge in [0.2, 0.25) is 0 Å². The molecule has 0 amide bonds. The third kappa shape index (κ3) is 3.86. The molecule has 26 heavy (non-hydrogen) atoms. The standard InChI is InChI=1S/C18H22N4O2.C2H6/c1-3-5-12(6-4-2)14-9-22(15-8-7-13(10-23)24-15)18-16(14)17(19)20-11-21-18;1-2/h3-6,9,11,13,15,23H,1,7-8,10H2,2H3,(H2,19,20,21);1-2H3/b6-4-,12-5+;. The summed E-state index contributed by atoms with van der Waals surface area (Å²) >= 11 is 0. The van der Waals surface area contributed by atoms with Crippen molar-refractivity contribution in [3.05, 3.63) is 49.0 Å². The van der Waals surface area contributed by atoms with Crippen LogP contribution in [0.5, 0.6) is 0 Å². The number of fused-ring (bicyclic) bond motifs is 1. The van der Waals surface area contributed by atoms with E-state index in [1.54, 1.807) is 6.08 Å². The fourth-order valence-electron chi connectivity index (χ4n) is 3.11. The first-order valence-electron chi connectivity index (χ1n) is 9.02. The molecule has 2 unspecified atom stereocenters. The van der Waals surface area contributed by atoms with Crippen molar-refractivity contribution in [3.8, 4) is 0 Å². The van der Waals surface area contributed by atoms with Crippen LogP contribution in [0.3, 0.4) is 0 Å². The first-order valence-corrected chi connectivity index (χ1v) is 9.02. The van der Waals surface area contributed by atoms with Crippen LogP contribution < -0.4 is 5.73 Å². The van der Waals surface area contributed by atoms with E-state index in [-0.39, 0.29) is 18.9 Å². The van der Waals surface area contributed by atoms with Crippen LogP contribution in [0.2, 0.25) is 0 Å². The van der Waals surface area contributed by atoms with E-state index in [1.165, 1.54) is 6.33 Å². The molecule has 6 heteroatoms. The number of aromatic nitrogens is 3. The molecule has 3 rings (SSSR count). The van der Waals surface area contributed by atoms with Crippen molar-refractivity contribution in [1.29, 1.82) is 0 Å². The van der Waals surface area contributed by atoms with E-state index in [2.05, 4.69) is 16.5 Å². The molecule has 2 aromatic rings. The van der Waals surface area contributed by atoms with Gasteiger partial charge in [-0.05, 0) is 25.3 Å². The molecule has 3 heterocycles. The van der Waals surface area contributed by atoms with E-state index < -0.39 is 0 Å². The number of anilines is 1. The van der Waals surface area contributed by atoms with Crippen molar-refractivity contribution in [3.63, 3.8) is 0 Å². The van der Waals surface area contributed by atoms with Gasteiger partial charge in [-0.2, -0.15) is 0 Å². The molecule has 0 saturated carbocycles. The van der Waals surface area contributed by atoms with E-state index >= 15 is 0 Å². The first kappa shape index (κ1) is 19.9. The maximum Gasteiger partial charge on any atom is 0.148 e. The molecule has 0 aliphatic carbocycles. The molecule has 1 saturated heterocycles. The Kier molecular flexibility index (Phi) is 7.12. The monoisotopic (exact) mass is 356 g/mol. The molecule has 3 N–H and O–H groups in total. The van der Waals surface area contributed by atoms with Crippen LogP contribution in [0.15, 0.2) is 43.4 Å². The van der Waals surface area contributed by atoms with Gasteiger partial charge in [0.25, 0.3) is 0 Å². The molecule has 0 spiro atoms. The molecular formula is C20H28N4O2. The minimum Gasteiger partial charge on any atom is -0.394 e. The summed E-state index contributed by atoms with van der Waals surface area (Å²) in [6.45, 7) is 9.77. The fourth-order valence-corrected chi connectivity index (χ4v) is 3.11. The number of hydrogen-bond acceptors (Lipinski definition) is 5. The lowest BCUT2D eigenvalue weighted by atomic mass is 10.1. The molecule has 1 aliphatic rings. The van der Waals surface area contributed by atoms with Gasteiger partial charge in [-0.3, -0.25) is 0 Å². The second-order valence-corrected chi connectivity index (χ2v) is 5.74. The second kappa shape index (κ2) is 9.31. The summed E-state index contributed by atoms with van der Waals surface area (Å²) in [4.78, 5) is 8.55. The number of aliphatic hydroxyl groups is 1. The van der Waals surface area contributed by atoms with Crippen LogP contribution in [0.4, 0.5) is 5.82 Å². The van der Waals surface area contributed by atoms with Gasteiger partial charge in [0.15, 0.2) is 0 Å². The van der Waals surface area contributed by atoms with Gasteiger partial charge in [0.1, 0.15) is 24.0 Å². The van der Waals surface area contributed by atoms with Crippen LogP contribution in [-0.2, 0) is 4.74 Å². The van der Waals surface area contributed by atoms with E-state index in [0.717, 1.165) is 35.0 Å². The highest BCUT2D eigenvalue weighted by Gasteiger charge is 2.28. The van der Waals surface area contributed by atoms with Gasteiger partial charge in [-0.25, -0.2) is 9.97 Å². The van der Waals surface area contributed by atoms with Gasteiger partial charge in [0, 0.05) is 11.8 Å². The van der Waals surface area contributed by atoms with Crippen molar-refractivity contribution in [2.45, 2.75) is 45.9 Å². The summed E-state index contributed by atoms with van der Waals surface area (Å²) in [7, 11) is 0. The van der Waals surface area contributed by atoms with Crippen molar-refractivity contribution < 1.29 is 9.84 Å². The SMILES string of the molecule is C=C/C=C(\C=C/C)c1cn(C2CCC(CO)O2)c2ncnc(N)c12.CC. The lowest BCUT2D eigenvalue weighted by molar-refractivity contribution is -0.0204. The number of rotatable bonds is 5. The molecule has 140 valence electrons. The number of allylic oxidation sites excluding steroid dienone is 5. The van der Waals surface area contributed by atoms with Gasteiger partial charge in [-0.1, -0.05) is 44.7 Å². The van der Waals surface area contributed by atoms with E-state index in [0.29, 0.717) is 5.82 Å². The van der Waals surface area contributed by atoms with Gasteiger partial charge in [0.05, 0.1) is 18.1 Å². The third-order valence-corrected chi connectivity index (χ3v) is 4.19. The minimum absolute atomic E-state index is 0.0276. The van der Waals surface area contributed by atoms with E-state index in [1.807, 2.05) is 49.8 Å². The van der Waals surface area contributed by atoms with Crippen molar-refractivity contribution >= 4 is 22.4 Å². The molecule has 1 aliphatic heterocycles. The molecule has 0 radical (unpaired) electrons. The van der Waals surface area contributed by atoms with Crippen LogP contribution in [0.25, 0.3) is 16.6 Å². The molecule has 0 aromatic carbocycles. The Morgan fingerprint density at radius 2 is 2.19 bits per heavy atom. The van der Waals surface area contributed by atoms with Crippen LogP contribution >= 0.6 is 0 Å². The van der Waals surface area contributed by atoms with Crippen LogP contribution in [-0.4, -0.2) is 32.4 Å². The average molecular weight is 356 g/mol. The number of hydrogen-bond donors (Lipinski definition) is 2. The summed E-state index contributed by atoms with van der Waals surface area (Å²) in [5.74, 6) is 0.435. The quantitative estimate of drug-likeness (QED) is 0.795. The largest absolute Gasteiger partial charge is 0.394 e. The molecule has 2 aromatic heterocycles. The highest BCUT2D eigenvalue weighted by molar-refractivity contribution is 5.99. The zero-order valence-electron chi connectivity index (χ0n) is 15.7. The lowest BCUT2D eigenvalue weighted by Crippen LogP contribution is -2.14. The second-order valence-electron chi connectivity index (χ2n) is 5.74. The fraction of sp³-hybridized carbons (Fsp3) is 0.400. The van der Waals surface area contributed by atoms with Gasteiger partial charge in [-0.15, -0.1) is 0 Å². The number of aliphatic hydroxyl groups excluding tert-OH is 1. The van der Waals surface area contributed by atoms with E-state index in [9.17, 15) is 5.11 Å². The third-order valence-electron chi connectivity index (χ3n) is 4.19. The minimum atomic E-state index is -0.164. The summed E-state index contributed by atoms with van der Waals surface area (Å²) in [6, 6.07) is 0. The maximum atomic E-state index is 9.31. The molecular weight excluding hydrogens is 328 g/mol. The van der Waals surface area contributed by atoms with Gasteiger partial charge < -0.3 is 20.1 Å². The normalized spacial score (nSPS) is 20.4. The summed E-state index contributed by atoms with van der Waals surface area (Å²) in [6.07, 6.45) is 12.4. The van der Waals surface area contributed by atoms with Crippen molar-refractivity contribution in [1.82, 2.24) is 14.5 Å². The zero-order chi connectivity index (χ0) is 19.1. The lowest BCUT2D eigenvalue weighted by Gasteiger charge is -2.14. The molecule has 2 atom stereocenters. The van der Waals surface area contributed by atoms with Crippen LogP contribution in [0.1, 0.15) is 45.4 Å². The topological polar surface area (TPSA) is 86.2 Å². The van der Waals surface area contributed by atoms with Crippen molar-refractivity contribution in [2.75, 3.05) is 12.3 Å². The molecule has 6 nitrogen and oxygen atoms in total.